The van der Waals surface area contributed by atoms with E-state index in [1.165, 1.54) is 10.9 Å². The van der Waals surface area contributed by atoms with Crippen LogP contribution in [-0.2, 0) is 7.05 Å². The molecule has 0 unspecified atom stereocenters. The Morgan fingerprint density at radius 1 is 1.20 bits per heavy atom. The minimum Gasteiger partial charge on any atom is -0.478 e. The average molecular weight is 363 g/mol. The van der Waals surface area contributed by atoms with Gasteiger partial charge >= 0.3 is 5.97 Å². The standard InChI is InChI=1S/C17H19ClN4O3/c1-11-3-4-12(18)9-14(11)21-5-7-22(8-6-21)16(23)15-13(17(24)25)10-19-20(15)2/h3-4,9-10H,5-8H2,1-2H3,(H,24,25). The molecule has 1 aromatic carbocycles. The van der Waals surface area contributed by atoms with Crippen LogP contribution in [-0.4, -0.2) is 57.8 Å². The molecule has 1 saturated heterocycles. The van der Waals surface area contributed by atoms with Crippen LogP contribution in [0.3, 0.4) is 0 Å². The summed E-state index contributed by atoms with van der Waals surface area (Å²) in [6.45, 7) is 4.36. The highest BCUT2D eigenvalue weighted by atomic mass is 35.5. The van der Waals surface area contributed by atoms with Crippen molar-refractivity contribution >= 4 is 29.2 Å². The van der Waals surface area contributed by atoms with Crippen molar-refractivity contribution < 1.29 is 14.7 Å². The molecule has 0 radical (unpaired) electrons. The Kier molecular flexibility index (Phi) is 4.67. The number of nitrogens with zero attached hydrogens (tertiary/aromatic N) is 4. The fourth-order valence-electron chi connectivity index (χ4n) is 3.07. The van der Waals surface area contributed by atoms with E-state index in [1.54, 1.807) is 11.9 Å². The fourth-order valence-corrected chi connectivity index (χ4v) is 3.24. The van der Waals surface area contributed by atoms with Crippen molar-refractivity contribution in [1.29, 1.82) is 0 Å². The summed E-state index contributed by atoms with van der Waals surface area (Å²) in [7, 11) is 1.57. The van der Waals surface area contributed by atoms with E-state index >= 15 is 0 Å². The molecule has 1 aliphatic heterocycles. The highest BCUT2D eigenvalue weighted by Crippen LogP contribution is 2.25. The third-order valence-corrected chi connectivity index (χ3v) is 4.69. The average Bonchev–Trinajstić information content (AvgIpc) is 2.98. The zero-order valence-electron chi connectivity index (χ0n) is 14.1. The summed E-state index contributed by atoms with van der Waals surface area (Å²) in [6, 6.07) is 5.76. The number of carbonyl (C=O) groups excluding carboxylic acids is 1. The van der Waals surface area contributed by atoms with E-state index in [2.05, 4.69) is 10.00 Å². The van der Waals surface area contributed by atoms with Crippen molar-refractivity contribution in [3.05, 3.63) is 46.2 Å². The zero-order chi connectivity index (χ0) is 18.1. The van der Waals surface area contributed by atoms with E-state index in [0.717, 1.165) is 11.3 Å². The van der Waals surface area contributed by atoms with Crippen molar-refractivity contribution in [3.63, 3.8) is 0 Å². The Hall–Kier alpha value is -2.54. The van der Waals surface area contributed by atoms with Gasteiger partial charge in [-0.05, 0) is 24.6 Å². The predicted octanol–water partition coefficient (Wildman–Crippen LogP) is 2.04. The number of aromatic carboxylic acids is 1. The lowest BCUT2D eigenvalue weighted by Crippen LogP contribution is -2.49. The van der Waals surface area contributed by atoms with Crippen LogP contribution in [0.2, 0.25) is 5.02 Å². The van der Waals surface area contributed by atoms with Gasteiger partial charge in [0.05, 0.1) is 6.20 Å². The number of anilines is 1. The Balaban J connectivity index is 1.74. The second-order valence-corrected chi connectivity index (χ2v) is 6.48. The van der Waals surface area contributed by atoms with Crippen LogP contribution in [0.4, 0.5) is 5.69 Å². The highest BCUT2D eigenvalue weighted by Gasteiger charge is 2.28. The molecule has 0 spiro atoms. The van der Waals surface area contributed by atoms with E-state index in [4.69, 9.17) is 11.6 Å². The van der Waals surface area contributed by atoms with Gasteiger partial charge in [0, 0.05) is 43.9 Å². The molecular formula is C17H19ClN4O3. The number of rotatable bonds is 3. The number of carboxylic acid groups (broad SMARTS) is 1. The predicted molar refractivity (Wildman–Crippen MR) is 94.5 cm³/mol. The summed E-state index contributed by atoms with van der Waals surface area (Å²) >= 11 is 6.09. The SMILES string of the molecule is Cc1ccc(Cl)cc1N1CCN(C(=O)c2c(C(=O)O)cnn2C)CC1. The summed E-state index contributed by atoms with van der Waals surface area (Å²) in [4.78, 5) is 27.9. The first-order valence-corrected chi connectivity index (χ1v) is 8.32. The Labute approximate surface area is 150 Å². The van der Waals surface area contributed by atoms with Crippen LogP contribution in [0.15, 0.2) is 24.4 Å². The van der Waals surface area contributed by atoms with Crippen molar-refractivity contribution in [3.8, 4) is 0 Å². The summed E-state index contributed by atoms with van der Waals surface area (Å²) in [6.07, 6.45) is 1.21. The topological polar surface area (TPSA) is 78.7 Å². The maximum Gasteiger partial charge on any atom is 0.339 e. The lowest BCUT2D eigenvalue weighted by Gasteiger charge is -2.36. The van der Waals surface area contributed by atoms with Crippen LogP contribution in [0.25, 0.3) is 0 Å². The number of carbonyl (C=O) groups is 2. The summed E-state index contributed by atoms with van der Waals surface area (Å²) < 4.78 is 1.32. The molecule has 132 valence electrons. The molecule has 2 aromatic rings. The van der Waals surface area contributed by atoms with Crippen LogP contribution in [0, 0.1) is 6.92 Å². The first-order valence-electron chi connectivity index (χ1n) is 7.94. The molecule has 0 atom stereocenters. The van der Waals surface area contributed by atoms with Gasteiger partial charge in [0.1, 0.15) is 11.3 Å². The van der Waals surface area contributed by atoms with Gasteiger partial charge in [-0.25, -0.2) is 4.79 Å². The molecule has 1 aromatic heterocycles. The molecule has 8 heteroatoms. The van der Waals surface area contributed by atoms with Gasteiger partial charge in [-0.2, -0.15) is 5.10 Å². The van der Waals surface area contributed by atoms with Gasteiger partial charge < -0.3 is 14.9 Å². The number of carboxylic acids is 1. The summed E-state index contributed by atoms with van der Waals surface area (Å²) in [5.41, 5.74) is 2.23. The van der Waals surface area contributed by atoms with Gasteiger partial charge in [0.15, 0.2) is 0 Å². The third kappa shape index (κ3) is 3.32. The van der Waals surface area contributed by atoms with Crippen molar-refractivity contribution in [2.24, 2.45) is 7.05 Å². The zero-order valence-corrected chi connectivity index (χ0v) is 14.8. The van der Waals surface area contributed by atoms with E-state index in [1.807, 2.05) is 25.1 Å². The molecule has 0 aliphatic carbocycles. The number of piperazine rings is 1. The van der Waals surface area contributed by atoms with Crippen LogP contribution >= 0.6 is 11.6 Å². The second-order valence-electron chi connectivity index (χ2n) is 6.05. The van der Waals surface area contributed by atoms with Gasteiger partial charge in [0.2, 0.25) is 0 Å². The fraction of sp³-hybridized carbons (Fsp3) is 0.353. The van der Waals surface area contributed by atoms with Gasteiger partial charge in [-0.3, -0.25) is 9.48 Å². The molecule has 3 rings (SSSR count). The van der Waals surface area contributed by atoms with Gasteiger partial charge in [-0.1, -0.05) is 17.7 Å². The first-order chi connectivity index (χ1) is 11.9. The van der Waals surface area contributed by atoms with E-state index in [-0.39, 0.29) is 17.2 Å². The van der Waals surface area contributed by atoms with Crippen LogP contribution < -0.4 is 4.90 Å². The summed E-state index contributed by atoms with van der Waals surface area (Å²) in [5, 5.41) is 13.8. The minimum atomic E-state index is -1.15. The highest BCUT2D eigenvalue weighted by molar-refractivity contribution is 6.30. The number of benzene rings is 1. The molecule has 0 saturated carbocycles. The molecule has 0 bridgehead atoms. The third-order valence-electron chi connectivity index (χ3n) is 4.45. The van der Waals surface area contributed by atoms with Crippen molar-refractivity contribution in [1.82, 2.24) is 14.7 Å². The normalized spacial score (nSPS) is 14.7. The molecule has 1 amide bonds. The Bertz CT molecular complexity index is 825. The van der Waals surface area contributed by atoms with E-state index in [0.29, 0.717) is 31.2 Å². The lowest BCUT2D eigenvalue weighted by molar-refractivity contribution is 0.0669. The minimum absolute atomic E-state index is 0.0689. The second kappa shape index (κ2) is 6.76. The number of halogens is 1. The number of aryl methyl sites for hydroxylation is 2. The maximum atomic E-state index is 12.7. The van der Waals surface area contributed by atoms with E-state index < -0.39 is 5.97 Å². The Morgan fingerprint density at radius 2 is 1.88 bits per heavy atom. The lowest BCUT2D eigenvalue weighted by atomic mass is 10.1. The summed E-state index contributed by atoms with van der Waals surface area (Å²) in [5.74, 6) is -1.45. The molecule has 1 aliphatic rings. The van der Waals surface area contributed by atoms with Crippen molar-refractivity contribution in [2.75, 3.05) is 31.1 Å². The number of hydrogen-bond acceptors (Lipinski definition) is 4. The van der Waals surface area contributed by atoms with Gasteiger partial charge in [0.25, 0.3) is 5.91 Å². The molecule has 2 heterocycles. The number of aromatic nitrogens is 2. The molecular weight excluding hydrogens is 344 g/mol. The maximum absolute atomic E-state index is 12.7. The molecule has 25 heavy (non-hydrogen) atoms. The van der Waals surface area contributed by atoms with Crippen LogP contribution in [0.1, 0.15) is 26.4 Å². The Morgan fingerprint density at radius 3 is 2.52 bits per heavy atom. The smallest absolute Gasteiger partial charge is 0.339 e. The quantitative estimate of drug-likeness (QED) is 0.904. The van der Waals surface area contributed by atoms with E-state index in [9.17, 15) is 14.7 Å². The largest absolute Gasteiger partial charge is 0.478 e. The first kappa shape index (κ1) is 17.3. The molecule has 1 N–H and O–H groups in total. The van der Waals surface area contributed by atoms with Crippen LogP contribution in [0.5, 0.6) is 0 Å². The van der Waals surface area contributed by atoms with Crippen molar-refractivity contribution in [2.45, 2.75) is 6.92 Å². The number of hydrogen-bond donors (Lipinski definition) is 1. The molecule has 7 nitrogen and oxygen atoms in total. The number of amides is 1. The van der Waals surface area contributed by atoms with Gasteiger partial charge in [-0.15, -0.1) is 0 Å². The molecule has 1 fully saturated rings. The monoisotopic (exact) mass is 362 g/mol.